The van der Waals surface area contributed by atoms with Gasteiger partial charge < -0.3 is 20.1 Å². The predicted octanol–water partition coefficient (Wildman–Crippen LogP) is 4.57. The molecule has 2 N–H and O–H groups in total. The molecule has 37 heavy (non-hydrogen) atoms. The van der Waals surface area contributed by atoms with Crippen LogP contribution in [0.4, 0.5) is 11.5 Å². The molecule has 10 heteroatoms. The molecule has 7 rings (SSSR count). The molecule has 1 unspecified atom stereocenters. The standard InChI is InChI=1S/C27H26N8O2/c1-16-8-17(4-7-24(16)37-26-12-25-29-14-32-35(25)15-31-26)34-27-22-11-20(5-6-23(22)28-13-30-27)36-21-9-18-2-3-19(10-21)33-18/h4-8,11-15,18-19,21,33H,2-3,9-10H2,1H3,(H,28,30,34)/t18-,19+,21?. The highest BCUT2D eigenvalue weighted by Crippen LogP contribution is 2.33. The van der Waals surface area contributed by atoms with E-state index < -0.39 is 0 Å². The Labute approximate surface area is 213 Å². The summed E-state index contributed by atoms with van der Waals surface area (Å²) >= 11 is 0. The number of anilines is 2. The molecular weight excluding hydrogens is 468 g/mol. The Kier molecular flexibility index (Phi) is 5.32. The van der Waals surface area contributed by atoms with Crippen molar-refractivity contribution in [3.63, 3.8) is 0 Å². The van der Waals surface area contributed by atoms with Crippen LogP contribution in [0.3, 0.4) is 0 Å². The van der Waals surface area contributed by atoms with Crippen molar-refractivity contribution >= 4 is 28.1 Å². The van der Waals surface area contributed by atoms with Crippen LogP contribution in [0.15, 0.2) is 61.4 Å². The van der Waals surface area contributed by atoms with E-state index in [1.807, 2.05) is 43.3 Å². The molecule has 5 heterocycles. The Morgan fingerprint density at radius 1 is 0.946 bits per heavy atom. The maximum Gasteiger partial charge on any atom is 0.224 e. The summed E-state index contributed by atoms with van der Waals surface area (Å²) in [5, 5.41) is 12.1. The minimum absolute atomic E-state index is 0.243. The maximum absolute atomic E-state index is 6.41. The van der Waals surface area contributed by atoms with Gasteiger partial charge in [0.1, 0.15) is 42.4 Å². The first kappa shape index (κ1) is 21.9. The normalized spacial score (nSPS) is 20.8. The number of nitrogens with zero attached hydrogens (tertiary/aromatic N) is 6. The Morgan fingerprint density at radius 3 is 2.70 bits per heavy atom. The van der Waals surface area contributed by atoms with Gasteiger partial charge in [-0.15, -0.1) is 0 Å². The number of benzene rings is 2. The SMILES string of the molecule is Cc1cc(Nc2ncnc3ccc(OC4C[C@H]5CC[C@@H](C4)N5)cc23)ccc1Oc1cc2ncnn2cn1. The van der Waals surface area contributed by atoms with Gasteiger partial charge in [0, 0.05) is 29.2 Å². The van der Waals surface area contributed by atoms with Gasteiger partial charge in [-0.25, -0.2) is 24.5 Å². The van der Waals surface area contributed by atoms with E-state index in [4.69, 9.17) is 9.47 Å². The number of ether oxygens (including phenoxy) is 2. The van der Waals surface area contributed by atoms with E-state index in [1.54, 1.807) is 23.2 Å². The van der Waals surface area contributed by atoms with E-state index in [0.29, 0.717) is 29.4 Å². The molecule has 3 atom stereocenters. The van der Waals surface area contributed by atoms with Crippen molar-refractivity contribution in [2.24, 2.45) is 0 Å². The van der Waals surface area contributed by atoms with E-state index in [-0.39, 0.29) is 6.10 Å². The smallest absolute Gasteiger partial charge is 0.224 e. The number of rotatable bonds is 6. The maximum atomic E-state index is 6.41. The Balaban J connectivity index is 1.10. The van der Waals surface area contributed by atoms with Crippen molar-refractivity contribution in [1.82, 2.24) is 34.9 Å². The molecule has 10 nitrogen and oxygen atoms in total. The quantitative estimate of drug-likeness (QED) is 0.350. The van der Waals surface area contributed by atoms with E-state index >= 15 is 0 Å². The molecule has 5 aromatic rings. The molecule has 3 aromatic heterocycles. The Hall–Kier alpha value is -4.31. The molecule has 2 aromatic carbocycles. The van der Waals surface area contributed by atoms with E-state index in [9.17, 15) is 0 Å². The topological polar surface area (TPSA) is 111 Å². The van der Waals surface area contributed by atoms with Crippen molar-refractivity contribution in [2.45, 2.75) is 50.8 Å². The lowest BCUT2D eigenvalue weighted by Gasteiger charge is -2.29. The number of aryl methyl sites for hydroxylation is 1. The van der Waals surface area contributed by atoms with E-state index in [1.165, 1.54) is 19.2 Å². The fourth-order valence-electron chi connectivity index (χ4n) is 5.36. The number of fused-ring (bicyclic) bond motifs is 4. The first-order valence-corrected chi connectivity index (χ1v) is 12.5. The van der Waals surface area contributed by atoms with Gasteiger partial charge in [0.25, 0.3) is 0 Å². The minimum atomic E-state index is 0.243. The number of aromatic nitrogens is 6. The van der Waals surface area contributed by atoms with Crippen LogP contribution in [0.1, 0.15) is 31.2 Å². The first-order valence-electron chi connectivity index (χ1n) is 12.5. The highest BCUT2D eigenvalue weighted by atomic mass is 16.5. The molecular formula is C27H26N8O2. The number of nitrogens with one attached hydrogen (secondary N) is 2. The van der Waals surface area contributed by atoms with Gasteiger partial charge >= 0.3 is 0 Å². The summed E-state index contributed by atoms with van der Waals surface area (Å²) in [4.78, 5) is 17.4. The van der Waals surface area contributed by atoms with Crippen LogP contribution in [0.2, 0.25) is 0 Å². The van der Waals surface area contributed by atoms with Crippen LogP contribution in [0.25, 0.3) is 16.6 Å². The van der Waals surface area contributed by atoms with Gasteiger partial charge in [-0.2, -0.15) is 5.10 Å². The molecule has 0 aliphatic carbocycles. The highest BCUT2D eigenvalue weighted by Gasteiger charge is 2.34. The molecule has 0 radical (unpaired) electrons. The zero-order valence-corrected chi connectivity index (χ0v) is 20.3. The van der Waals surface area contributed by atoms with Gasteiger partial charge in [-0.05, 0) is 74.6 Å². The first-order chi connectivity index (χ1) is 18.2. The van der Waals surface area contributed by atoms with Crippen molar-refractivity contribution in [1.29, 1.82) is 0 Å². The summed E-state index contributed by atoms with van der Waals surface area (Å²) in [6, 6.07) is 14.8. The van der Waals surface area contributed by atoms with Gasteiger partial charge in [-0.3, -0.25) is 0 Å². The monoisotopic (exact) mass is 494 g/mol. The zero-order chi connectivity index (χ0) is 24.8. The molecule has 2 aliphatic rings. The van der Waals surface area contributed by atoms with Gasteiger partial charge in [0.15, 0.2) is 5.65 Å². The number of piperidine rings is 1. The largest absolute Gasteiger partial charge is 0.490 e. The third-order valence-electron chi connectivity index (χ3n) is 7.14. The second-order valence-electron chi connectivity index (χ2n) is 9.75. The van der Waals surface area contributed by atoms with Crippen LogP contribution < -0.4 is 20.1 Å². The summed E-state index contributed by atoms with van der Waals surface area (Å²) in [6.07, 6.45) is 9.50. The van der Waals surface area contributed by atoms with E-state index in [0.717, 1.165) is 46.6 Å². The Morgan fingerprint density at radius 2 is 1.84 bits per heavy atom. The lowest BCUT2D eigenvalue weighted by Crippen LogP contribution is -2.42. The second kappa shape index (κ2) is 8.97. The van der Waals surface area contributed by atoms with Crippen molar-refractivity contribution in [3.8, 4) is 17.4 Å². The predicted molar refractivity (Wildman–Crippen MR) is 138 cm³/mol. The fraction of sp³-hybridized carbons (Fsp3) is 0.296. The van der Waals surface area contributed by atoms with Gasteiger partial charge in [-0.1, -0.05) is 0 Å². The summed E-state index contributed by atoms with van der Waals surface area (Å²) < 4.78 is 14.0. The average molecular weight is 495 g/mol. The molecule has 2 saturated heterocycles. The molecule has 2 aliphatic heterocycles. The van der Waals surface area contributed by atoms with Crippen LogP contribution >= 0.6 is 0 Å². The second-order valence-corrected chi connectivity index (χ2v) is 9.75. The van der Waals surface area contributed by atoms with Gasteiger partial charge in [0.05, 0.1) is 5.52 Å². The lowest BCUT2D eigenvalue weighted by molar-refractivity contribution is 0.137. The van der Waals surface area contributed by atoms with Gasteiger partial charge in [0.2, 0.25) is 5.88 Å². The molecule has 0 amide bonds. The minimum Gasteiger partial charge on any atom is -0.490 e. The zero-order valence-electron chi connectivity index (χ0n) is 20.3. The van der Waals surface area contributed by atoms with Crippen molar-refractivity contribution in [2.75, 3.05) is 5.32 Å². The summed E-state index contributed by atoms with van der Waals surface area (Å²) in [7, 11) is 0. The number of hydrogen-bond donors (Lipinski definition) is 2. The Bertz CT molecular complexity index is 1590. The molecule has 2 bridgehead atoms. The van der Waals surface area contributed by atoms with Crippen LogP contribution in [0, 0.1) is 6.92 Å². The van der Waals surface area contributed by atoms with Crippen molar-refractivity contribution in [3.05, 3.63) is 67.0 Å². The summed E-state index contributed by atoms with van der Waals surface area (Å²) in [5.74, 6) is 2.75. The van der Waals surface area contributed by atoms with Crippen LogP contribution in [0.5, 0.6) is 17.4 Å². The third kappa shape index (κ3) is 4.40. The molecule has 186 valence electrons. The molecule has 0 spiro atoms. The fourth-order valence-corrected chi connectivity index (χ4v) is 5.36. The van der Waals surface area contributed by atoms with Crippen LogP contribution in [-0.2, 0) is 0 Å². The number of hydrogen-bond acceptors (Lipinski definition) is 9. The average Bonchev–Trinajstić information content (AvgIpc) is 3.51. The van der Waals surface area contributed by atoms with E-state index in [2.05, 4.69) is 35.7 Å². The van der Waals surface area contributed by atoms with Crippen LogP contribution in [-0.4, -0.2) is 47.7 Å². The summed E-state index contributed by atoms with van der Waals surface area (Å²) in [5.41, 5.74) is 3.39. The van der Waals surface area contributed by atoms with Crippen molar-refractivity contribution < 1.29 is 9.47 Å². The summed E-state index contributed by atoms with van der Waals surface area (Å²) in [6.45, 7) is 1.99. The molecule has 0 saturated carbocycles. The molecule has 2 fully saturated rings. The highest BCUT2D eigenvalue weighted by molar-refractivity contribution is 5.91. The third-order valence-corrected chi connectivity index (χ3v) is 7.14. The lowest BCUT2D eigenvalue weighted by atomic mass is 10.0.